The van der Waals surface area contributed by atoms with Crippen molar-refractivity contribution in [3.8, 4) is 0 Å². The Morgan fingerprint density at radius 1 is 1.11 bits per heavy atom. The Hall–Kier alpha value is -1.23. The van der Waals surface area contributed by atoms with E-state index in [1.54, 1.807) is 36.4 Å². The highest BCUT2D eigenvalue weighted by Gasteiger charge is 2.10. The van der Waals surface area contributed by atoms with Crippen molar-refractivity contribution >= 4 is 56.4 Å². The van der Waals surface area contributed by atoms with Crippen LogP contribution < -0.4 is 11.1 Å². The summed E-state index contributed by atoms with van der Waals surface area (Å²) in [5.41, 5.74) is 7.11. The molecular weight excluding hydrogens is 351 g/mol. The van der Waals surface area contributed by atoms with Crippen LogP contribution in [0.25, 0.3) is 0 Å². The molecule has 6 heteroatoms. The first-order chi connectivity index (χ1) is 8.95. The Morgan fingerprint density at radius 2 is 1.84 bits per heavy atom. The summed E-state index contributed by atoms with van der Waals surface area (Å²) >= 11 is 15.0. The first-order valence-electron chi connectivity index (χ1n) is 5.28. The van der Waals surface area contributed by atoms with Crippen LogP contribution in [0.4, 0.5) is 11.4 Å². The van der Waals surface area contributed by atoms with Gasteiger partial charge in [-0.3, -0.25) is 4.79 Å². The molecule has 0 aliphatic heterocycles. The minimum Gasteiger partial charge on any atom is -0.397 e. The minimum absolute atomic E-state index is 0.308. The molecule has 2 aromatic carbocycles. The Labute approximate surface area is 128 Å². The van der Waals surface area contributed by atoms with Crippen molar-refractivity contribution in [1.82, 2.24) is 0 Å². The maximum Gasteiger partial charge on any atom is 0.255 e. The quantitative estimate of drug-likeness (QED) is 0.770. The van der Waals surface area contributed by atoms with Gasteiger partial charge in [0, 0.05) is 20.1 Å². The normalized spacial score (nSPS) is 10.3. The van der Waals surface area contributed by atoms with Crippen LogP contribution in [0.1, 0.15) is 10.4 Å². The second-order valence-corrected chi connectivity index (χ2v) is 5.63. The smallest absolute Gasteiger partial charge is 0.255 e. The van der Waals surface area contributed by atoms with Crippen LogP contribution in [0.2, 0.25) is 10.0 Å². The van der Waals surface area contributed by atoms with E-state index in [9.17, 15) is 4.79 Å². The van der Waals surface area contributed by atoms with Gasteiger partial charge in [-0.25, -0.2) is 0 Å². The number of nitrogen functional groups attached to an aromatic ring is 1. The molecule has 0 bridgehead atoms. The van der Waals surface area contributed by atoms with Crippen molar-refractivity contribution in [1.29, 1.82) is 0 Å². The molecule has 1 amide bonds. The van der Waals surface area contributed by atoms with Gasteiger partial charge in [-0.05, 0) is 36.4 Å². The fourth-order valence-electron chi connectivity index (χ4n) is 1.52. The third-order valence-corrected chi connectivity index (χ3v) is 3.30. The van der Waals surface area contributed by atoms with Gasteiger partial charge in [0.25, 0.3) is 5.91 Å². The Kier molecular flexibility index (Phi) is 4.34. The number of anilines is 2. The van der Waals surface area contributed by atoms with Crippen LogP contribution in [0, 0.1) is 0 Å². The molecule has 3 N–H and O–H groups in total. The highest BCUT2D eigenvalue weighted by Crippen LogP contribution is 2.25. The number of nitrogens with two attached hydrogens (primary N) is 1. The topological polar surface area (TPSA) is 55.1 Å². The predicted octanol–water partition coefficient (Wildman–Crippen LogP) is 4.59. The maximum atomic E-state index is 12.1. The van der Waals surface area contributed by atoms with Gasteiger partial charge < -0.3 is 11.1 Å². The first-order valence-corrected chi connectivity index (χ1v) is 6.83. The van der Waals surface area contributed by atoms with E-state index in [0.717, 1.165) is 4.47 Å². The molecule has 0 fully saturated rings. The number of hydrogen-bond donors (Lipinski definition) is 2. The molecule has 0 aliphatic rings. The molecule has 2 rings (SSSR count). The second kappa shape index (κ2) is 5.82. The highest BCUT2D eigenvalue weighted by atomic mass is 79.9. The molecule has 0 atom stereocenters. The number of rotatable bonds is 2. The molecule has 0 heterocycles. The van der Waals surface area contributed by atoms with Crippen molar-refractivity contribution in [3.63, 3.8) is 0 Å². The van der Waals surface area contributed by atoms with Crippen molar-refractivity contribution in [3.05, 3.63) is 56.5 Å². The van der Waals surface area contributed by atoms with E-state index in [0.29, 0.717) is 27.0 Å². The third-order valence-electron chi connectivity index (χ3n) is 2.39. The van der Waals surface area contributed by atoms with Crippen LogP contribution in [-0.4, -0.2) is 5.91 Å². The van der Waals surface area contributed by atoms with Crippen LogP contribution in [0.3, 0.4) is 0 Å². The van der Waals surface area contributed by atoms with Gasteiger partial charge in [0.1, 0.15) is 0 Å². The fourth-order valence-corrected chi connectivity index (χ4v) is 2.55. The van der Waals surface area contributed by atoms with E-state index in [4.69, 9.17) is 28.9 Å². The lowest BCUT2D eigenvalue weighted by Crippen LogP contribution is -2.13. The summed E-state index contributed by atoms with van der Waals surface area (Å²) in [5.74, 6) is -0.308. The molecule has 0 saturated carbocycles. The molecule has 0 radical (unpaired) electrons. The second-order valence-electron chi connectivity index (χ2n) is 3.84. The van der Waals surface area contributed by atoms with Gasteiger partial charge in [0.05, 0.1) is 11.4 Å². The number of halogens is 3. The van der Waals surface area contributed by atoms with Gasteiger partial charge >= 0.3 is 0 Å². The van der Waals surface area contributed by atoms with Crippen LogP contribution in [0.5, 0.6) is 0 Å². The van der Waals surface area contributed by atoms with Gasteiger partial charge in [-0.15, -0.1) is 0 Å². The maximum absolute atomic E-state index is 12.1. The summed E-state index contributed by atoms with van der Waals surface area (Å²) < 4.78 is 0.726. The molecular formula is C13H9BrCl2N2O. The summed E-state index contributed by atoms with van der Waals surface area (Å²) in [6.45, 7) is 0. The number of hydrogen-bond acceptors (Lipinski definition) is 2. The summed E-state index contributed by atoms with van der Waals surface area (Å²) in [7, 11) is 0. The zero-order valence-electron chi connectivity index (χ0n) is 9.58. The zero-order valence-corrected chi connectivity index (χ0v) is 12.7. The van der Waals surface area contributed by atoms with Crippen LogP contribution in [0.15, 0.2) is 40.9 Å². The number of carbonyl (C=O) groups is 1. The van der Waals surface area contributed by atoms with E-state index >= 15 is 0 Å². The molecule has 98 valence electrons. The largest absolute Gasteiger partial charge is 0.397 e. The molecule has 0 saturated heterocycles. The summed E-state index contributed by atoms with van der Waals surface area (Å²) in [6, 6.07) is 9.82. The lowest BCUT2D eigenvalue weighted by molar-refractivity contribution is 0.102. The van der Waals surface area contributed by atoms with Gasteiger partial charge in [-0.2, -0.15) is 0 Å². The van der Waals surface area contributed by atoms with Crippen molar-refractivity contribution < 1.29 is 4.79 Å². The fraction of sp³-hybridized carbons (Fsp3) is 0. The third kappa shape index (κ3) is 3.62. The Balaban J connectivity index is 2.28. The van der Waals surface area contributed by atoms with Gasteiger partial charge in [0.2, 0.25) is 0 Å². The first kappa shape index (κ1) is 14.2. The van der Waals surface area contributed by atoms with E-state index in [1.807, 2.05) is 0 Å². The van der Waals surface area contributed by atoms with Crippen molar-refractivity contribution in [2.45, 2.75) is 0 Å². The van der Waals surface area contributed by atoms with E-state index in [2.05, 4.69) is 21.2 Å². The average molecular weight is 360 g/mol. The van der Waals surface area contributed by atoms with Crippen LogP contribution in [-0.2, 0) is 0 Å². The van der Waals surface area contributed by atoms with Crippen molar-refractivity contribution in [2.24, 2.45) is 0 Å². The highest BCUT2D eigenvalue weighted by molar-refractivity contribution is 9.10. The molecule has 3 nitrogen and oxygen atoms in total. The number of carbonyl (C=O) groups excluding carboxylic acids is 1. The molecule has 0 spiro atoms. The Morgan fingerprint density at radius 3 is 2.53 bits per heavy atom. The summed E-state index contributed by atoms with van der Waals surface area (Å²) in [5, 5.41) is 3.66. The van der Waals surface area contributed by atoms with E-state index in [1.165, 1.54) is 0 Å². The predicted molar refractivity (Wildman–Crippen MR) is 83.0 cm³/mol. The molecule has 19 heavy (non-hydrogen) atoms. The molecule has 0 aliphatic carbocycles. The monoisotopic (exact) mass is 358 g/mol. The Bertz CT molecular complexity index is 626. The SMILES string of the molecule is Nc1ccc(Cl)cc1NC(=O)c1cc(Cl)cc(Br)c1. The molecule has 0 unspecified atom stereocenters. The number of nitrogens with one attached hydrogen (secondary N) is 1. The van der Waals surface area contributed by atoms with Gasteiger partial charge in [-0.1, -0.05) is 39.1 Å². The van der Waals surface area contributed by atoms with Crippen LogP contribution >= 0.6 is 39.1 Å². The summed E-state index contributed by atoms with van der Waals surface area (Å²) in [4.78, 5) is 12.1. The standard InChI is InChI=1S/C13H9BrCl2N2O/c14-8-3-7(4-10(16)5-8)13(19)18-12-6-9(15)1-2-11(12)17/h1-6H,17H2,(H,18,19). The lowest BCUT2D eigenvalue weighted by Gasteiger charge is -2.09. The van der Waals surface area contributed by atoms with Gasteiger partial charge in [0.15, 0.2) is 0 Å². The number of amides is 1. The van der Waals surface area contributed by atoms with Crippen molar-refractivity contribution in [2.75, 3.05) is 11.1 Å². The van der Waals surface area contributed by atoms with E-state index in [-0.39, 0.29) is 5.91 Å². The lowest BCUT2D eigenvalue weighted by atomic mass is 10.2. The molecule has 0 aromatic heterocycles. The van der Waals surface area contributed by atoms with E-state index < -0.39 is 0 Å². The number of benzene rings is 2. The average Bonchev–Trinajstić information content (AvgIpc) is 2.32. The zero-order chi connectivity index (χ0) is 14.0. The molecule has 2 aromatic rings. The minimum atomic E-state index is -0.308. The summed E-state index contributed by atoms with van der Waals surface area (Å²) in [6.07, 6.45) is 0.